The SMILES string of the molecule is CCOC(=O)N1CCC(NC(=O)C2CC2C(=O)Nc2ccc(OC)cc2)CC1. The molecule has 0 bridgehead atoms. The molecule has 2 unspecified atom stereocenters. The van der Waals surface area contributed by atoms with Gasteiger partial charge < -0.3 is 25.0 Å². The van der Waals surface area contributed by atoms with Crippen LogP contribution >= 0.6 is 0 Å². The highest BCUT2D eigenvalue weighted by Crippen LogP contribution is 2.39. The van der Waals surface area contributed by atoms with E-state index in [0.717, 1.165) is 5.75 Å². The molecule has 1 saturated carbocycles. The summed E-state index contributed by atoms with van der Waals surface area (Å²) < 4.78 is 10.1. The van der Waals surface area contributed by atoms with E-state index < -0.39 is 0 Å². The summed E-state index contributed by atoms with van der Waals surface area (Å²) in [6.07, 6.45) is 1.65. The third kappa shape index (κ3) is 4.94. The molecule has 1 aliphatic heterocycles. The van der Waals surface area contributed by atoms with Gasteiger partial charge in [-0.15, -0.1) is 0 Å². The monoisotopic (exact) mass is 389 g/mol. The van der Waals surface area contributed by atoms with Gasteiger partial charge in [0.1, 0.15) is 5.75 Å². The maximum atomic E-state index is 12.4. The van der Waals surface area contributed by atoms with Gasteiger partial charge in [-0.2, -0.15) is 0 Å². The summed E-state index contributed by atoms with van der Waals surface area (Å²) in [5.41, 5.74) is 0.684. The normalized spacial score (nSPS) is 21.6. The molecule has 152 valence electrons. The number of benzene rings is 1. The van der Waals surface area contributed by atoms with E-state index in [2.05, 4.69) is 10.6 Å². The fraction of sp³-hybridized carbons (Fsp3) is 0.550. The van der Waals surface area contributed by atoms with Gasteiger partial charge in [0.15, 0.2) is 0 Å². The fourth-order valence-corrected chi connectivity index (χ4v) is 3.41. The molecule has 0 radical (unpaired) electrons. The minimum absolute atomic E-state index is 0.0316. The first-order valence-electron chi connectivity index (χ1n) is 9.68. The third-order valence-electron chi connectivity index (χ3n) is 5.19. The van der Waals surface area contributed by atoms with Crippen molar-refractivity contribution in [2.45, 2.75) is 32.2 Å². The molecule has 1 aromatic carbocycles. The Kier molecular flexibility index (Phi) is 6.38. The van der Waals surface area contributed by atoms with Crippen molar-refractivity contribution >= 4 is 23.6 Å². The zero-order chi connectivity index (χ0) is 20.1. The summed E-state index contributed by atoms with van der Waals surface area (Å²) in [6.45, 7) is 3.27. The quantitative estimate of drug-likeness (QED) is 0.776. The van der Waals surface area contributed by atoms with Crippen LogP contribution in [0.3, 0.4) is 0 Å². The van der Waals surface area contributed by atoms with Crippen LogP contribution in [0.25, 0.3) is 0 Å². The Morgan fingerprint density at radius 3 is 2.32 bits per heavy atom. The van der Waals surface area contributed by atoms with Crippen molar-refractivity contribution in [3.8, 4) is 5.75 Å². The molecule has 1 aliphatic carbocycles. The zero-order valence-electron chi connectivity index (χ0n) is 16.3. The van der Waals surface area contributed by atoms with E-state index in [-0.39, 0.29) is 35.8 Å². The summed E-state index contributed by atoms with van der Waals surface area (Å²) in [5.74, 6) is -0.0642. The maximum absolute atomic E-state index is 12.4. The molecule has 2 atom stereocenters. The number of carbonyl (C=O) groups excluding carboxylic acids is 3. The first-order chi connectivity index (χ1) is 13.5. The van der Waals surface area contributed by atoms with Crippen molar-refractivity contribution in [1.29, 1.82) is 0 Å². The van der Waals surface area contributed by atoms with Gasteiger partial charge in [-0.1, -0.05) is 0 Å². The molecule has 8 heteroatoms. The van der Waals surface area contributed by atoms with Gasteiger partial charge in [0.2, 0.25) is 11.8 Å². The molecule has 8 nitrogen and oxygen atoms in total. The average molecular weight is 389 g/mol. The Hall–Kier alpha value is -2.77. The molecule has 3 rings (SSSR count). The molecule has 3 amide bonds. The molecular weight excluding hydrogens is 362 g/mol. The Morgan fingerprint density at radius 1 is 1.07 bits per heavy atom. The average Bonchev–Trinajstić information content (AvgIpc) is 3.50. The summed E-state index contributed by atoms with van der Waals surface area (Å²) in [7, 11) is 1.58. The zero-order valence-corrected chi connectivity index (χ0v) is 16.3. The number of anilines is 1. The van der Waals surface area contributed by atoms with Crippen molar-refractivity contribution in [2.75, 3.05) is 32.1 Å². The second-order valence-corrected chi connectivity index (χ2v) is 7.14. The molecule has 0 aromatic heterocycles. The van der Waals surface area contributed by atoms with Gasteiger partial charge in [-0.25, -0.2) is 4.79 Å². The number of likely N-dealkylation sites (tertiary alicyclic amines) is 1. The van der Waals surface area contributed by atoms with Gasteiger partial charge in [0.05, 0.1) is 25.6 Å². The summed E-state index contributed by atoms with van der Waals surface area (Å²) in [6, 6.07) is 7.12. The first kappa shape index (κ1) is 20.0. The van der Waals surface area contributed by atoms with E-state index in [1.54, 1.807) is 43.2 Å². The van der Waals surface area contributed by atoms with Crippen molar-refractivity contribution < 1.29 is 23.9 Å². The Bertz CT molecular complexity index is 713. The summed E-state index contributed by atoms with van der Waals surface area (Å²) in [4.78, 5) is 38.1. The fourth-order valence-electron chi connectivity index (χ4n) is 3.41. The van der Waals surface area contributed by atoms with Crippen LogP contribution in [0.1, 0.15) is 26.2 Å². The number of hydrogen-bond donors (Lipinski definition) is 2. The summed E-state index contributed by atoms with van der Waals surface area (Å²) in [5, 5.41) is 5.86. The van der Waals surface area contributed by atoms with E-state index in [0.29, 0.717) is 44.6 Å². The molecule has 2 N–H and O–H groups in total. The highest BCUT2D eigenvalue weighted by molar-refractivity contribution is 5.99. The number of amides is 3. The molecule has 1 saturated heterocycles. The standard InChI is InChI=1S/C20H27N3O5/c1-3-28-20(26)23-10-8-14(9-11-23)22-19(25)17-12-16(17)18(24)21-13-4-6-15(27-2)7-5-13/h4-7,14,16-17H,3,8-12H2,1-2H3,(H,21,24)(H,22,25). The molecule has 1 aromatic rings. The lowest BCUT2D eigenvalue weighted by Gasteiger charge is -2.31. The van der Waals surface area contributed by atoms with E-state index in [9.17, 15) is 14.4 Å². The minimum Gasteiger partial charge on any atom is -0.497 e. The largest absolute Gasteiger partial charge is 0.497 e. The lowest BCUT2D eigenvalue weighted by molar-refractivity contribution is -0.126. The lowest BCUT2D eigenvalue weighted by atomic mass is 10.1. The van der Waals surface area contributed by atoms with Crippen LogP contribution < -0.4 is 15.4 Å². The van der Waals surface area contributed by atoms with Crippen LogP contribution in [0, 0.1) is 11.8 Å². The van der Waals surface area contributed by atoms with E-state index in [1.165, 1.54) is 0 Å². The van der Waals surface area contributed by atoms with Crippen LogP contribution in [0.2, 0.25) is 0 Å². The topological polar surface area (TPSA) is 97.0 Å². The number of nitrogens with one attached hydrogen (secondary N) is 2. The molecule has 1 heterocycles. The van der Waals surface area contributed by atoms with Crippen LogP contribution in [0.4, 0.5) is 10.5 Å². The number of methoxy groups -OCH3 is 1. The Morgan fingerprint density at radius 2 is 1.71 bits per heavy atom. The van der Waals surface area contributed by atoms with Gasteiger partial charge >= 0.3 is 6.09 Å². The van der Waals surface area contributed by atoms with E-state index in [1.807, 2.05) is 0 Å². The predicted molar refractivity (Wildman–Crippen MR) is 103 cm³/mol. The smallest absolute Gasteiger partial charge is 0.409 e. The molecule has 2 fully saturated rings. The number of carbonyl (C=O) groups is 3. The minimum atomic E-state index is -0.301. The number of ether oxygens (including phenoxy) is 2. The Balaban J connectivity index is 1.40. The maximum Gasteiger partial charge on any atom is 0.409 e. The highest BCUT2D eigenvalue weighted by Gasteiger charge is 2.48. The third-order valence-corrected chi connectivity index (χ3v) is 5.19. The molecule has 0 spiro atoms. The predicted octanol–water partition coefficient (Wildman–Crippen LogP) is 2.01. The van der Waals surface area contributed by atoms with Crippen LogP contribution in [-0.2, 0) is 14.3 Å². The van der Waals surface area contributed by atoms with Gasteiger partial charge in [0.25, 0.3) is 0 Å². The number of rotatable bonds is 6. The lowest BCUT2D eigenvalue weighted by Crippen LogP contribution is -2.47. The number of piperidine rings is 1. The van der Waals surface area contributed by atoms with Crippen molar-refractivity contribution in [3.63, 3.8) is 0 Å². The van der Waals surface area contributed by atoms with Gasteiger partial charge in [-0.3, -0.25) is 9.59 Å². The number of hydrogen-bond acceptors (Lipinski definition) is 5. The van der Waals surface area contributed by atoms with Crippen LogP contribution in [0.5, 0.6) is 5.75 Å². The Labute approximate surface area is 164 Å². The van der Waals surface area contributed by atoms with Crippen molar-refractivity contribution in [2.24, 2.45) is 11.8 Å². The molecular formula is C20H27N3O5. The van der Waals surface area contributed by atoms with Gasteiger partial charge in [0, 0.05) is 24.8 Å². The second kappa shape index (κ2) is 8.95. The second-order valence-electron chi connectivity index (χ2n) is 7.14. The van der Waals surface area contributed by atoms with E-state index >= 15 is 0 Å². The highest BCUT2D eigenvalue weighted by atomic mass is 16.6. The van der Waals surface area contributed by atoms with Crippen molar-refractivity contribution in [3.05, 3.63) is 24.3 Å². The summed E-state index contributed by atoms with van der Waals surface area (Å²) >= 11 is 0. The van der Waals surface area contributed by atoms with Crippen LogP contribution in [0.15, 0.2) is 24.3 Å². The molecule has 2 aliphatic rings. The molecule has 28 heavy (non-hydrogen) atoms. The van der Waals surface area contributed by atoms with Crippen molar-refractivity contribution in [1.82, 2.24) is 10.2 Å². The van der Waals surface area contributed by atoms with E-state index in [4.69, 9.17) is 9.47 Å². The van der Waals surface area contributed by atoms with Crippen LogP contribution in [-0.4, -0.2) is 55.7 Å². The first-order valence-corrected chi connectivity index (χ1v) is 9.68. The van der Waals surface area contributed by atoms with Gasteiger partial charge in [-0.05, 0) is 50.5 Å². The number of nitrogens with zero attached hydrogens (tertiary/aromatic N) is 1.